The molecule has 0 aliphatic carbocycles. The van der Waals surface area contributed by atoms with Crippen molar-refractivity contribution in [2.24, 2.45) is 0 Å². The van der Waals surface area contributed by atoms with Crippen molar-refractivity contribution in [1.29, 1.82) is 0 Å². The quantitative estimate of drug-likeness (QED) is 0.681. The first-order valence-electron chi connectivity index (χ1n) is 8.15. The topological polar surface area (TPSA) is 62.3 Å². The van der Waals surface area contributed by atoms with Gasteiger partial charge >= 0.3 is 0 Å². The second-order valence-corrected chi connectivity index (χ2v) is 7.38. The molecule has 2 aromatic carbocycles. The number of fused-ring (bicyclic) bond motifs is 2. The minimum absolute atomic E-state index is 0.114. The van der Waals surface area contributed by atoms with Gasteiger partial charge in [-0.05, 0) is 42.5 Å². The standard InChI is InChI=1S/C20H14ClN3O2S/c1-24-16-9-8-12(23-18(25)13-5-2-3-7-15(13)21)11-17(16)27-19-14(20(24)26)6-4-10-22-19/h2-11H,1H3,(H,23,25). The second-order valence-electron chi connectivity index (χ2n) is 5.94. The summed E-state index contributed by atoms with van der Waals surface area (Å²) in [5, 5.41) is 3.89. The average Bonchev–Trinajstić information content (AvgIpc) is 2.77. The highest BCUT2D eigenvalue weighted by atomic mass is 35.5. The number of hydrogen-bond acceptors (Lipinski definition) is 4. The van der Waals surface area contributed by atoms with Crippen LogP contribution >= 0.6 is 23.4 Å². The van der Waals surface area contributed by atoms with Crippen LogP contribution in [0, 0.1) is 0 Å². The summed E-state index contributed by atoms with van der Waals surface area (Å²) < 4.78 is 0. The number of amides is 2. The first-order chi connectivity index (χ1) is 13.0. The Morgan fingerprint density at radius 3 is 2.78 bits per heavy atom. The number of halogens is 1. The Hall–Kier alpha value is -2.83. The highest BCUT2D eigenvalue weighted by molar-refractivity contribution is 7.99. The molecule has 4 rings (SSSR count). The molecule has 5 nitrogen and oxygen atoms in total. The van der Waals surface area contributed by atoms with Crippen molar-refractivity contribution in [1.82, 2.24) is 4.98 Å². The van der Waals surface area contributed by atoms with E-state index >= 15 is 0 Å². The molecule has 0 saturated carbocycles. The van der Waals surface area contributed by atoms with E-state index in [0.717, 1.165) is 10.6 Å². The number of anilines is 2. The molecule has 0 fully saturated rings. The first-order valence-corrected chi connectivity index (χ1v) is 9.35. The number of aromatic nitrogens is 1. The van der Waals surface area contributed by atoms with Crippen LogP contribution in [0.4, 0.5) is 11.4 Å². The number of pyridine rings is 1. The van der Waals surface area contributed by atoms with Crippen LogP contribution in [0.2, 0.25) is 5.02 Å². The monoisotopic (exact) mass is 395 g/mol. The van der Waals surface area contributed by atoms with E-state index in [9.17, 15) is 9.59 Å². The second kappa shape index (κ2) is 7.06. The summed E-state index contributed by atoms with van der Waals surface area (Å²) in [6.07, 6.45) is 1.66. The molecule has 0 unspecified atom stereocenters. The SMILES string of the molecule is CN1C(=O)c2cccnc2Sc2cc(NC(=O)c3ccccc3Cl)ccc21. The Morgan fingerprint density at radius 1 is 1.15 bits per heavy atom. The van der Waals surface area contributed by atoms with Gasteiger partial charge in [0.25, 0.3) is 11.8 Å². The summed E-state index contributed by atoms with van der Waals surface area (Å²) in [5.74, 6) is -0.403. The zero-order valence-electron chi connectivity index (χ0n) is 14.3. The van der Waals surface area contributed by atoms with Crippen LogP contribution in [0.3, 0.4) is 0 Å². The van der Waals surface area contributed by atoms with Crippen molar-refractivity contribution in [3.63, 3.8) is 0 Å². The molecule has 3 aromatic rings. The van der Waals surface area contributed by atoms with Gasteiger partial charge in [-0.1, -0.05) is 35.5 Å². The van der Waals surface area contributed by atoms with Gasteiger partial charge in [-0.25, -0.2) is 4.98 Å². The van der Waals surface area contributed by atoms with Crippen LogP contribution in [-0.2, 0) is 0 Å². The number of rotatable bonds is 2. The van der Waals surface area contributed by atoms with Gasteiger partial charge < -0.3 is 10.2 Å². The minimum Gasteiger partial charge on any atom is -0.322 e. The zero-order valence-corrected chi connectivity index (χ0v) is 15.8. The largest absolute Gasteiger partial charge is 0.322 e. The van der Waals surface area contributed by atoms with E-state index in [1.165, 1.54) is 11.8 Å². The molecule has 0 bridgehead atoms. The maximum absolute atomic E-state index is 12.7. The molecule has 0 atom stereocenters. The maximum Gasteiger partial charge on any atom is 0.260 e. The summed E-state index contributed by atoms with van der Waals surface area (Å²) in [6, 6.07) is 15.8. The fourth-order valence-corrected chi connectivity index (χ4v) is 4.13. The lowest BCUT2D eigenvalue weighted by atomic mass is 10.2. The first kappa shape index (κ1) is 17.6. The summed E-state index contributed by atoms with van der Waals surface area (Å²) in [5.41, 5.74) is 2.34. The van der Waals surface area contributed by atoms with Crippen LogP contribution in [0.25, 0.3) is 0 Å². The normalized spacial score (nSPS) is 12.8. The van der Waals surface area contributed by atoms with Crippen LogP contribution in [-0.4, -0.2) is 23.8 Å². The molecule has 0 saturated heterocycles. The summed E-state index contributed by atoms with van der Waals surface area (Å²) in [6.45, 7) is 0. The molecule has 27 heavy (non-hydrogen) atoms. The lowest BCUT2D eigenvalue weighted by molar-refractivity contribution is 0.0987. The van der Waals surface area contributed by atoms with Crippen molar-refractivity contribution < 1.29 is 9.59 Å². The predicted octanol–water partition coefficient (Wildman–Crippen LogP) is 4.73. The Bertz CT molecular complexity index is 1070. The van der Waals surface area contributed by atoms with Crippen molar-refractivity contribution in [3.8, 4) is 0 Å². The van der Waals surface area contributed by atoms with Crippen LogP contribution in [0.15, 0.2) is 70.7 Å². The molecule has 0 radical (unpaired) electrons. The van der Waals surface area contributed by atoms with E-state index in [1.807, 2.05) is 12.1 Å². The molecule has 7 heteroatoms. The van der Waals surface area contributed by atoms with E-state index in [0.29, 0.717) is 26.9 Å². The summed E-state index contributed by atoms with van der Waals surface area (Å²) in [7, 11) is 1.73. The molecule has 1 aliphatic rings. The van der Waals surface area contributed by atoms with Gasteiger partial charge in [0.2, 0.25) is 0 Å². The Morgan fingerprint density at radius 2 is 1.96 bits per heavy atom. The Balaban J connectivity index is 1.68. The van der Waals surface area contributed by atoms with Gasteiger partial charge in [-0.3, -0.25) is 9.59 Å². The fraction of sp³-hybridized carbons (Fsp3) is 0.0500. The van der Waals surface area contributed by atoms with Crippen molar-refractivity contribution in [2.45, 2.75) is 9.92 Å². The van der Waals surface area contributed by atoms with E-state index in [2.05, 4.69) is 10.3 Å². The van der Waals surface area contributed by atoms with E-state index in [4.69, 9.17) is 11.6 Å². The lowest BCUT2D eigenvalue weighted by Gasteiger charge is -2.18. The molecule has 134 valence electrons. The van der Waals surface area contributed by atoms with Gasteiger partial charge in [0.05, 0.1) is 21.8 Å². The number of carbonyl (C=O) groups excluding carboxylic acids is 2. The zero-order chi connectivity index (χ0) is 19.0. The van der Waals surface area contributed by atoms with Crippen LogP contribution < -0.4 is 10.2 Å². The smallest absolute Gasteiger partial charge is 0.260 e. The van der Waals surface area contributed by atoms with Crippen molar-refractivity contribution >= 4 is 46.6 Å². The Labute approximate surface area is 165 Å². The molecule has 0 spiro atoms. The highest BCUT2D eigenvalue weighted by Crippen LogP contribution is 2.41. The molecule has 2 amide bonds. The number of nitrogens with zero attached hydrogens (tertiary/aromatic N) is 2. The van der Waals surface area contributed by atoms with Gasteiger partial charge in [0, 0.05) is 23.8 Å². The average molecular weight is 396 g/mol. The highest BCUT2D eigenvalue weighted by Gasteiger charge is 2.25. The van der Waals surface area contributed by atoms with Gasteiger partial charge in [0.1, 0.15) is 5.03 Å². The number of carbonyl (C=O) groups is 2. The van der Waals surface area contributed by atoms with Crippen molar-refractivity contribution in [3.05, 3.63) is 76.9 Å². The van der Waals surface area contributed by atoms with Gasteiger partial charge in [0.15, 0.2) is 0 Å². The van der Waals surface area contributed by atoms with Gasteiger partial charge in [-0.2, -0.15) is 0 Å². The van der Waals surface area contributed by atoms with Crippen molar-refractivity contribution in [2.75, 3.05) is 17.3 Å². The van der Waals surface area contributed by atoms with Crippen LogP contribution in [0.5, 0.6) is 0 Å². The number of nitrogens with one attached hydrogen (secondary N) is 1. The summed E-state index contributed by atoms with van der Waals surface area (Å²) >= 11 is 7.50. The van der Waals surface area contributed by atoms with E-state index in [1.54, 1.807) is 60.6 Å². The van der Waals surface area contributed by atoms with E-state index < -0.39 is 0 Å². The third-order valence-corrected chi connectivity index (χ3v) is 5.61. The number of benzene rings is 2. The molecule has 2 heterocycles. The molecular weight excluding hydrogens is 382 g/mol. The molecule has 1 aromatic heterocycles. The Kier molecular flexibility index (Phi) is 4.59. The minimum atomic E-state index is -0.290. The lowest BCUT2D eigenvalue weighted by Crippen LogP contribution is -2.26. The van der Waals surface area contributed by atoms with Crippen LogP contribution in [0.1, 0.15) is 20.7 Å². The predicted molar refractivity (Wildman–Crippen MR) is 107 cm³/mol. The molecule has 1 aliphatic heterocycles. The fourth-order valence-electron chi connectivity index (χ4n) is 2.82. The molecular formula is C20H14ClN3O2S. The maximum atomic E-state index is 12.7. The molecule has 1 N–H and O–H groups in total. The third-order valence-electron chi connectivity index (χ3n) is 4.21. The summed E-state index contributed by atoms with van der Waals surface area (Å²) in [4.78, 5) is 31.9. The van der Waals surface area contributed by atoms with Gasteiger partial charge in [-0.15, -0.1) is 0 Å². The van der Waals surface area contributed by atoms with E-state index in [-0.39, 0.29) is 11.8 Å². The number of hydrogen-bond donors (Lipinski definition) is 1. The third kappa shape index (κ3) is 3.29.